The maximum Gasteiger partial charge on any atom is 0.225 e. The van der Waals surface area contributed by atoms with Crippen molar-refractivity contribution in [2.75, 3.05) is 20.3 Å². The number of H-pyrrole nitrogens is 1. The first-order valence-electron chi connectivity index (χ1n) is 10.4. The van der Waals surface area contributed by atoms with Crippen LogP contribution in [0.5, 0.6) is 0 Å². The summed E-state index contributed by atoms with van der Waals surface area (Å²) < 4.78 is 5.00. The summed E-state index contributed by atoms with van der Waals surface area (Å²) >= 11 is 6.10. The van der Waals surface area contributed by atoms with Gasteiger partial charge in [0.1, 0.15) is 5.82 Å². The van der Waals surface area contributed by atoms with Crippen LogP contribution >= 0.6 is 11.6 Å². The molecule has 7 nitrogen and oxygen atoms in total. The van der Waals surface area contributed by atoms with Gasteiger partial charge in [-0.25, -0.2) is 4.98 Å². The molecule has 1 aromatic heterocycles. The third-order valence-corrected chi connectivity index (χ3v) is 5.88. The van der Waals surface area contributed by atoms with E-state index in [1.807, 2.05) is 24.3 Å². The molecule has 0 radical (unpaired) electrons. The van der Waals surface area contributed by atoms with E-state index in [-0.39, 0.29) is 23.8 Å². The van der Waals surface area contributed by atoms with Crippen LogP contribution in [0.4, 0.5) is 0 Å². The number of imidazole rings is 1. The van der Waals surface area contributed by atoms with Crippen LogP contribution in [0.15, 0.2) is 30.5 Å². The lowest BCUT2D eigenvalue weighted by Gasteiger charge is -2.22. The zero-order valence-electron chi connectivity index (χ0n) is 17.7. The second-order valence-electron chi connectivity index (χ2n) is 8.14. The van der Waals surface area contributed by atoms with Gasteiger partial charge < -0.3 is 25.5 Å². The molecular weight excluding hydrogens is 404 g/mol. The Labute approximate surface area is 182 Å². The molecule has 2 aromatic rings. The Morgan fingerprint density at radius 3 is 2.90 bits per heavy atom. The molecule has 0 saturated heterocycles. The highest BCUT2D eigenvalue weighted by atomic mass is 35.5. The summed E-state index contributed by atoms with van der Waals surface area (Å²) in [7, 11) is 1.59. The van der Waals surface area contributed by atoms with E-state index in [4.69, 9.17) is 16.3 Å². The van der Waals surface area contributed by atoms with Crippen LogP contribution in [0.1, 0.15) is 49.2 Å². The predicted octanol–water partition coefficient (Wildman–Crippen LogP) is 2.57. The van der Waals surface area contributed by atoms with Crippen molar-refractivity contribution in [3.05, 3.63) is 52.6 Å². The van der Waals surface area contributed by atoms with Gasteiger partial charge in [0.25, 0.3) is 0 Å². The third kappa shape index (κ3) is 5.40. The highest BCUT2D eigenvalue weighted by Gasteiger charge is 2.47. The highest BCUT2D eigenvalue weighted by molar-refractivity contribution is 6.30. The summed E-state index contributed by atoms with van der Waals surface area (Å²) in [6, 6.07) is 7.58. The van der Waals surface area contributed by atoms with Crippen molar-refractivity contribution in [3.8, 4) is 0 Å². The van der Waals surface area contributed by atoms with E-state index in [2.05, 4.69) is 34.4 Å². The molecule has 1 aromatic carbocycles. The lowest BCUT2D eigenvalue weighted by molar-refractivity contribution is -0.127. The summed E-state index contributed by atoms with van der Waals surface area (Å²) in [6.45, 7) is 5.58. The molecule has 0 aliphatic heterocycles. The zero-order valence-corrected chi connectivity index (χ0v) is 18.4. The summed E-state index contributed by atoms with van der Waals surface area (Å²) in [5, 5.41) is 18.2. The van der Waals surface area contributed by atoms with Crippen molar-refractivity contribution in [2.45, 2.75) is 50.8 Å². The number of amides is 1. The molecule has 4 atom stereocenters. The number of halogens is 1. The topological polar surface area (TPSA) is 99.3 Å². The Kier molecular flexibility index (Phi) is 7.88. The molecule has 8 heteroatoms. The van der Waals surface area contributed by atoms with Gasteiger partial charge in [-0.2, -0.15) is 0 Å². The smallest absolute Gasteiger partial charge is 0.225 e. The van der Waals surface area contributed by atoms with E-state index >= 15 is 0 Å². The van der Waals surface area contributed by atoms with Gasteiger partial charge in [-0.05, 0) is 24.1 Å². The van der Waals surface area contributed by atoms with Crippen molar-refractivity contribution in [3.63, 3.8) is 0 Å². The summed E-state index contributed by atoms with van der Waals surface area (Å²) in [4.78, 5) is 20.5. The molecule has 3 rings (SSSR count). The Morgan fingerprint density at radius 1 is 1.43 bits per heavy atom. The number of aromatic amines is 1. The fourth-order valence-electron chi connectivity index (χ4n) is 4.04. The maximum absolute atomic E-state index is 12.7. The van der Waals surface area contributed by atoms with Gasteiger partial charge in [-0.1, -0.05) is 37.6 Å². The van der Waals surface area contributed by atoms with Crippen LogP contribution in [-0.4, -0.2) is 53.4 Å². The van der Waals surface area contributed by atoms with Gasteiger partial charge in [0.05, 0.1) is 18.6 Å². The van der Waals surface area contributed by atoms with Gasteiger partial charge in [-0.3, -0.25) is 4.79 Å². The Balaban J connectivity index is 1.77. The van der Waals surface area contributed by atoms with Crippen molar-refractivity contribution >= 4 is 17.5 Å². The van der Waals surface area contributed by atoms with Crippen LogP contribution in [0, 0.1) is 5.92 Å². The standard InChI is InChI=1S/C22H31ClN4O3/c1-13(2)21-26-12-18(27-21)19-17(25-11-14-5-4-6-15(23)9-14)10-16(20(19)28)22(29)24-7-8-30-3/h4-6,9,12-13,16-17,19-20,25,28H,7-8,10-11H2,1-3H3,(H,24,29)(H,26,27)/t16-,17+,19+,20+/m0/s1. The molecule has 1 aliphatic carbocycles. The van der Waals surface area contributed by atoms with Crippen molar-refractivity contribution in [2.24, 2.45) is 5.92 Å². The maximum atomic E-state index is 12.7. The average molecular weight is 435 g/mol. The largest absolute Gasteiger partial charge is 0.392 e. The number of rotatable bonds is 9. The van der Waals surface area contributed by atoms with Crippen molar-refractivity contribution < 1.29 is 14.6 Å². The Morgan fingerprint density at radius 2 is 2.23 bits per heavy atom. The number of hydrogen-bond donors (Lipinski definition) is 4. The summed E-state index contributed by atoms with van der Waals surface area (Å²) in [5.41, 5.74) is 1.90. The number of ether oxygens (including phenoxy) is 1. The molecule has 0 spiro atoms. The minimum Gasteiger partial charge on any atom is -0.392 e. The average Bonchev–Trinajstić information content (AvgIpc) is 3.31. The second kappa shape index (κ2) is 10.4. The Bertz CT molecular complexity index is 841. The summed E-state index contributed by atoms with van der Waals surface area (Å²) in [6.07, 6.45) is 1.49. The molecule has 4 N–H and O–H groups in total. The SMILES string of the molecule is COCCNC(=O)[C@H]1C[C@@H](NCc2cccc(Cl)c2)[C@H](c2cnc(C(C)C)[nH]2)[C@@H]1O. The lowest BCUT2D eigenvalue weighted by atomic mass is 9.96. The van der Waals surface area contributed by atoms with Crippen LogP contribution in [-0.2, 0) is 16.1 Å². The molecule has 1 aliphatic rings. The number of nitrogens with zero attached hydrogens (tertiary/aromatic N) is 1. The number of aliphatic hydroxyl groups is 1. The molecule has 0 bridgehead atoms. The lowest BCUT2D eigenvalue weighted by Crippen LogP contribution is -2.37. The van der Waals surface area contributed by atoms with Gasteiger partial charge >= 0.3 is 0 Å². The molecule has 1 heterocycles. The number of nitrogens with one attached hydrogen (secondary N) is 3. The molecule has 1 amide bonds. The van der Waals surface area contributed by atoms with E-state index in [1.165, 1.54) is 0 Å². The zero-order chi connectivity index (χ0) is 21.7. The molecule has 0 unspecified atom stereocenters. The van der Waals surface area contributed by atoms with Crippen LogP contribution in [0.25, 0.3) is 0 Å². The van der Waals surface area contributed by atoms with Crippen LogP contribution < -0.4 is 10.6 Å². The van der Waals surface area contributed by atoms with Crippen molar-refractivity contribution in [1.29, 1.82) is 0 Å². The van der Waals surface area contributed by atoms with E-state index in [1.54, 1.807) is 13.3 Å². The fraction of sp³-hybridized carbons (Fsp3) is 0.545. The molecule has 164 valence electrons. The highest BCUT2D eigenvalue weighted by Crippen LogP contribution is 2.39. The first kappa shape index (κ1) is 22.7. The van der Waals surface area contributed by atoms with Gasteiger partial charge in [-0.15, -0.1) is 0 Å². The first-order valence-corrected chi connectivity index (χ1v) is 10.8. The van der Waals surface area contributed by atoms with E-state index < -0.39 is 12.0 Å². The monoisotopic (exact) mass is 434 g/mol. The van der Waals surface area contributed by atoms with E-state index in [0.717, 1.165) is 17.1 Å². The van der Waals surface area contributed by atoms with Crippen molar-refractivity contribution in [1.82, 2.24) is 20.6 Å². The predicted molar refractivity (Wildman–Crippen MR) is 116 cm³/mol. The number of aromatic nitrogens is 2. The third-order valence-electron chi connectivity index (χ3n) is 5.64. The summed E-state index contributed by atoms with van der Waals surface area (Å²) in [5.74, 6) is 0.208. The number of methoxy groups -OCH3 is 1. The fourth-order valence-corrected chi connectivity index (χ4v) is 4.25. The second-order valence-corrected chi connectivity index (χ2v) is 8.57. The number of hydrogen-bond acceptors (Lipinski definition) is 5. The Hall–Kier alpha value is -1.93. The number of carbonyl (C=O) groups is 1. The van der Waals surface area contributed by atoms with Gasteiger partial charge in [0.2, 0.25) is 5.91 Å². The minimum atomic E-state index is -0.815. The molecule has 1 saturated carbocycles. The van der Waals surface area contributed by atoms with Gasteiger partial charge in [0, 0.05) is 55.0 Å². The first-order chi connectivity index (χ1) is 14.4. The van der Waals surface area contributed by atoms with Gasteiger partial charge in [0.15, 0.2) is 0 Å². The normalized spacial score (nSPS) is 23.8. The molecule has 1 fully saturated rings. The number of aliphatic hydroxyl groups excluding tert-OH is 1. The minimum absolute atomic E-state index is 0.0855. The molecular formula is C22H31ClN4O3. The van der Waals surface area contributed by atoms with Crippen LogP contribution in [0.2, 0.25) is 5.02 Å². The quantitative estimate of drug-likeness (QED) is 0.454. The number of carbonyl (C=O) groups excluding carboxylic acids is 1. The number of benzene rings is 1. The van der Waals surface area contributed by atoms with E-state index in [0.29, 0.717) is 31.1 Å². The van der Waals surface area contributed by atoms with Crippen LogP contribution in [0.3, 0.4) is 0 Å². The molecule has 30 heavy (non-hydrogen) atoms. The van der Waals surface area contributed by atoms with E-state index in [9.17, 15) is 9.90 Å².